The average molecular weight is 307 g/mol. The minimum Gasteiger partial charge on any atom is -0.508 e. The number of ether oxygens (including phenoxy) is 1. The van der Waals surface area contributed by atoms with Gasteiger partial charge < -0.3 is 20.9 Å². The SMILES string of the molecule is CCCCCCCCNC(N)=NCc1cc(OC)ccc1O. The number of phenolic OH excluding ortho intramolecular Hbond substituents is 1. The number of nitrogens with zero attached hydrogens (tertiary/aromatic N) is 1. The molecular formula is C17H29N3O2. The van der Waals surface area contributed by atoms with Crippen molar-refractivity contribution >= 4 is 5.96 Å². The third-order valence-corrected chi connectivity index (χ3v) is 3.54. The van der Waals surface area contributed by atoms with Crippen molar-refractivity contribution in [3.63, 3.8) is 0 Å². The van der Waals surface area contributed by atoms with E-state index < -0.39 is 0 Å². The van der Waals surface area contributed by atoms with Crippen LogP contribution in [-0.2, 0) is 6.54 Å². The number of aromatic hydroxyl groups is 1. The van der Waals surface area contributed by atoms with Gasteiger partial charge in [0.05, 0.1) is 13.7 Å². The highest BCUT2D eigenvalue weighted by Crippen LogP contribution is 2.23. The Kier molecular flexibility index (Phi) is 8.88. The fourth-order valence-electron chi connectivity index (χ4n) is 2.16. The maximum atomic E-state index is 9.77. The molecule has 0 aliphatic carbocycles. The Morgan fingerprint density at radius 1 is 1.23 bits per heavy atom. The van der Waals surface area contributed by atoms with Crippen LogP contribution in [0.25, 0.3) is 0 Å². The second-order valence-electron chi connectivity index (χ2n) is 5.39. The summed E-state index contributed by atoms with van der Waals surface area (Å²) in [6, 6.07) is 5.08. The summed E-state index contributed by atoms with van der Waals surface area (Å²) in [6.07, 6.45) is 7.51. The van der Waals surface area contributed by atoms with Gasteiger partial charge >= 0.3 is 0 Å². The highest BCUT2D eigenvalue weighted by Gasteiger charge is 2.03. The molecule has 0 saturated carbocycles. The molecule has 0 unspecified atom stereocenters. The van der Waals surface area contributed by atoms with Crippen LogP contribution in [0.1, 0.15) is 51.0 Å². The summed E-state index contributed by atoms with van der Waals surface area (Å²) in [5, 5.41) is 12.9. The second kappa shape index (κ2) is 10.8. The molecule has 0 spiro atoms. The Balaban J connectivity index is 2.28. The first-order valence-electron chi connectivity index (χ1n) is 8.07. The van der Waals surface area contributed by atoms with Crippen LogP contribution >= 0.6 is 0 Å². The van der Waals surface area contributed by atoms with Crippen molar-refractivity contribution in [3.8, 4) is 11.5 Å². The average Bonchev–Trinajstić information content (AvgIpc) is 2.53. The lowest BCUT2D eigenvalue weighted by Gasteiger charge is -2.07. The summed E-state index contributed by atoms with van der Waals surface area (Å²) in [6.45, 7) is 3.39. The Bertz CT molecular complexity index is 461. The Morgan fingerprint density at radius 3 is 2.68 bits per heavy atom. The predicted molar refractivity (Wildman–Crippen MR) is 91.4 cm³/mol. The smallest absolute Gasteiger partial charge is 0.188 e. The van der Waals surface area contributed by atoms with Gasteiger partial charge in [-0.15, -0.1) is 0 Å². The van der Waals surface area contributed by atoms with Crippen LogP contribution in [0.3, 0.4) is 0 Å². The van der Waals surface area contributed by atoms with Crippen molar-refractivity contribution in [3.05, 3.63) is 23.8 Å². The molecule has 0 aliphatic heterocycles. The van der Waals surface area contributed by atoms with Gasteiger partial charge in [-0.1, -0.05) is 39.0 Å². The van der Waals surface area contributed by atoms with E-state index in [2.05, 4.69) is 17.2 Å². The van der Waals surface area contributed by atoms with Crippen LogP contribution in [0, 0.1) is 0 Å². The third kappa shape index (κ3) is 7.20. The van der Waals surface area contributed by atoms with E-state index in [-0.39, 0.29) is 5.75 Å². The topological polar surface area (TPSA) is 79.9 Å². The largest absolute Gasteiger partial charge is 0.508 e. The number of rotatable bonds is 10. The molecule has 22 heavy (non-hydrogen) atoms. The highest BCUT2D eigenvalue weighted by molar-refractivity contribution is 5.77. The first-order chi connectivity index (χ1) is 10.7. The standard InChI is InChI=1S/C17H29N3O2/c1-3-4-5-6-7-8-11-19-17(18)20-13-14-12-15(22-2)9-10-16(14)21/h9-10,12,21H,3-8,11,13H2,1-2H3,(H3,18,19,20). The lowest BCUT2D eigenvalue weighted by molar-refractivity contribution is 0.411. The van der Waals surface area contributed by atoms with E-state index in [4.69, 9.17) is 10.5 Å². The Morgan fingerprint density at radius 2 is 1.95 bits per heavy atom. The monoisotopic (exact) mass is 307 g/mol. The number of nitrogens with one attached hydrogen (secondary N) is 1. The van der Waals surface area contributed by atoms with Gasteiger partial charge in [0.1, 0.15) is 11.5 Å². The van der Waals surface area contributed by atoms with Gasteiger partial charge in [0.2, 0.25) is 0 Å². The van der Waals surface area contributed by atoms with Gasteiger partial charge in [0.25, 0.3) is 0 Å². The number of hydrogen-bond acceptors (Lipinski definition) is 3. The molecule has 0 saturated heterocycles. The van der Waals surface area contributed by atoms with E-state index in [9.17, 15) is 5.11 Å². The summed E-state index contributed by atoms with van der Waals surface area (Å²) >= 11 is 0. The fraction of sp³-hybridized carbons (Fsp3) is 0.588. The maximum Gasteiger partial charge on any atom is 0.188 e. The van der Waals surface area contributed by atoms with Gasteiger partial charge in [0.15, 0.2) is 5.96 Å². The molecule has 1 rings (SSSR count). The molecule has 0 radical (unpaired) electrons. The van der Waals surface area contributed by atoms with Crippen molar-refractivity contribution in [2.75, 3.05) is 13.7 Å². The van der Waals surface area contributed by atoms with Crippen molar-refractivity contribution < 1.29 is 9.84 Å². The first-order valence-corrected chi connectivity index (χ1v) is 8.07. The van der Waals surface area contributed by atoms with Crippen LogP contribution in [0.4, 0.5) is 0 Å². The van der Waals surface area contributed by atoms with E-state index in [1.54, 1.807) is 25.3 Å². The van der Waals surface area contributed by atoms with Crippen molar-refractivity contribution in [1.29, 1.82) is 0 Å². The number of benzene rings is 1. The van der Waals surface area contributed by atoms with E-state index in [0.29, 0.717) is 23.8 Å². The number of unbranched alkanes of at least 4 members (excludes halogenated alkanes) is 5. The van der Waals surface area contributed by atoms with Gasteiger partial charge in [-0.25, -0.2) is 4.99 Å². The number of nitrogens with two attached hydrogens (primary N) is 1. The summed E-state index contributed by atoms with van der Waals surface area (Å²) in [5.74, 6) is 1.31. The van der Waals surface area contributed by atoms with Crippen molar-refractivity contribution in [2.45, 2.75) is 52.0 Å². The molecule has 0 aromatic heterocycles. The van der Waals surface area contributed by atoms with Crippen molar-refractivity contribution in [1.82, 2.24) is 5.32 Å². The quantitative estimate of drug-likeness (QED) is 0.352. The van der Waals surface area contributed by atoms with Gasteiger partial charge in [-0.2, -0.15) is 0 Å². The van der Waals surface area contributed by atoms with Crippen LogP contribution in [0.5, 0.6) is 11.5 Å². The predicted octanol–water partition coefficient (Wildman–Crippen LogP) is 3.17. The molecule has 1 aromatic carbocycles. The summed E-state index contributed by atoms with van der Waals surface area (Å²) in [5.41, 5.74) is 6.53. The Labute approximate surface area is 133 Å². The van der Waals surface area contributed by atoms with E-state index in [1.165, 1.54) is 32.1 Å². The summed E-state index contributed by atoms with van der Waals surface area (Å²) in [7, 11) is 1.59. The molecule has 0 atom stereocenters. The second-order valence-corrected chi connectivity index (χ2v) is 5.39. The zero-order chi connectivity index (χ0) is 16.2. The van der Waals surface area contributed by atoms with Crippen molar-refractivity contribution in [2.24, 2.45) is 10.7 Å². The zero-order valence-electron chi connectivity index (χ0n) is 13.8. The van der Waals surface area contributed by atoms with Gasteiger partial charge in [0, 0.05) is 12.1 Å². The molecule has 4 N–H and O–H groups in total. The number of hydrogen-bond donors (Lipinski definition) is 3. The molecule has 0 amide bonds. The molecule has 0 aliphatic rings. The third-order valence-electron chi connectivity index (χ3n) is 3.54. The van der Waals surface area contributed by atoms with Gasteiger partial charge in [-0.05, 0) is 24.6 Å². The maximum absolute atomic E-state index is 9.77. The van der Waals surface area contributed by atoms with E-state index in [1.807, 2.05) is 0 Å². The van der Waals surface area contributed by atoms with Gasteiger partial charge in [-0.3, -0.25) is 0 Å². The lowest BCUT2D eigenvalue weighted by Crippen LogP contribution is -2.32. The van der Waals surface area contributed by atoms with Crippen LogP contribution < -0.4 is 15.8 Å². The summed E-state index contributed by atoms with van der Waals surface area (Å²) in [4.78, 5) is 4.25. The molecule has 1 aromatic rings. The minimum atomic E-state index is 0.202. The first kappa shape index (κ1) is 18.1. The normalized spacial score (nSPS) is 11.5. The van der Waals surface area contributed by atoms with Crippen LogP contribution in [0.15, 0.2) is 23.2 Å². The number of phenols is 1. The number of aliphatic imine (C=N–C) groups is 1. The molecule has 124 valence electrons. The van der Waals surface area contributed by atoms with E-state index >= 15 is 0 Å². The number of guanidine groups is 1. The molecule has 5 heteroatoms. The molecule has 0 fully saturated rings. The highest BCUT2D eigenvalue weighted by atomic mass is 16.5. The fourth-order valence-corrected chi connectivity index (χ4v) is 2.16. The van der Waals surface area contributed by atoms with Crippen LogP contribution in [-0.4, -0.2) is 24.7 Å². The number of methoxy groups -OCH3 is 1. The van der Waals surface area contributed by atoms with E-state index in [0.717, 1.165) is 13.0 Å². The lowest BCUT2D eigenvalue weighted by atomic mass is 10.1. The van der Waals surface area contributed by atoms with Crippen LogP contribution in [0.2, 0.25) is 0 Å². The summed E-state index contributed by atoms with van der Waals surface area (Å²) < 4.78 is 5.13. The Hall–Kier alpha value is -1.91. The zero-order valence-corrected chi connectivity index (χ0v) is 13.8. The minimum absolute atomic E-state index is 0.202. The molecule has 5 nitrogen and oxygen atoms in total. The molecule has 0 heterocycles. The molecule has 0 bridgehead atoms. The molecular weight excluding hydrogens is 278 g/mol.